The van der Waals surface area contributed by atoms with E-state index in [0.29, 0.717) is 16.4 Å². The fourth-order valence-electron chi connectivity index (χ4n) is 1.57. The molecule has 0 aliphatic carbocycles. The van der Waals surface area contributed by atoms with Gasteiger partial charge in [0.2, 0.25) is 4.77 Å². The summed E-state index contributed by atoms with van der Waals surface area (Å²) in [5.41, 5.74) is 0.874. The van der Waals surface area contributed by atoms with Gasteiger partial charge in [-0.1, -0.05) is 0 Å². The maximum Gasteiger partial charge on any atom is 0.216 e. The van der Waals surface area contributed by atoms with Crippen LogP contribution in [0.2, 0.25) is 0 Å². The smallest absolute Gasteiger partial charge is 0.216 e. The number of hydrogen-bond donors (Lipinski definition) is 1. The van der Waals surface area contributed by atoms with Crippen molar-refractivity contribution < 1.29 is 4.42 Å². The molecule has 0 aliphatic rings. The van der Waals surface area contributed by atoms with E-state index in [1.165, 1.54) is 4.68 Å². The van der Waals surface area contributed by atoms with Crippen LogP contribution in [0.5, 0.6) is 0 Å². The second kappa shape index (κ2) is 4.99. The highest BCUT2D eigenvalue weighted by Gasteiger charge is 2.07. The summed E-state index contributed by atoms with van der Waals surface area (Å²) < 4.78 is 7.13. The van der Waals surface area contributed by atoms with Crippen molar-refractivity contribution in [2.75, 3.05) is 0 Å². The summed E-state index contributed by atoms with van der Waals surface area (Å²) in [6, 6.07) is 7.27. The van der Waals surface area contributed by atoms with E-state index in [2.05, 4.69) is 20.3 Å². The molecule has 19 heavy (non-hydrogen) atoms. The normalized spacial score (nSPS) is 11.2. The molecule has 0 saturated carbocycles. The first-order chi connectivity index (χ1) is 9.34. The number of H-pyrrole nitrogens is 1. The largest absolute Gasteiger partial charge is 0.463 e. The van der Waals surface area contributed by atoms with Crippen molar-refractivity contribution in [2.45, 2.75) is 0 Å². The Balaban J connectivity index is 2.02. The Bertz CT molecular complexity index is 742. The van der Waals surface area contributed by atoms with E-state index in [0.717, 1.165) is 5.56 Å². The van der Waals surface area contributed by atoms with Gasteiger partial charge in [0.25, 0.3) is 0 Å². The van der Waals surface area contributed by atoms with Gasteiger partial charge >= 0.3 is 0 Å². The zero-order chi connectivity index (χ0) is 13.1. The van der Waals surface area contributed by atoms with Gasteiger partial charge in [0.15, 0.2) is 5.82 Å². The monoisotopic (exact) mass is 271 g/mol. The second-order valence-electron chi connectivity index (χ2n) is 3.66. The third kappa shape index (κ3) is 2.36. The topological polar surface area (TPSA) is 72.0 Å². The Labute approximate surface area is 113 Å². The van der Waals surface area contributed by atoms with Crippen LogP contribution in [-0.4, -0.2) is 26.1 Å². The molecule has 0 radical (unpaired) electrons. The van der Waals surface area contributed by atoms with Crippen LogP contribution in [0.15, 0.2) is 52.4 Å². The van der Waals surface area contributed by atoms with E-state index in [9.17, 15) is 0 Å². The molecule has 0 bridgehead atoms. The van der Waals surface area contributed by atoms with Gasteiger partial charge in [-0.25, -0.2) is 5.10 Å². The summed E-state index contributed by atoms with van der Waals surface area (Å²) in [6.07, 6.45) is 6.54. The van der Waals surface area contributed by atoms with E-state index in [4.69, 9.17) is 16.6 Å². The van der Waals surface area contributed by atoms with E-state index in [1.54, 1.807) is 37.0 Å². The average Bonchev–Trinajstić information content (AvgIpc) is 3.07. The van der Waals surface area contributed by atoms with Crippen LogP contribution in [0.25, 0.3) is 11.4 Å². The van der Waals surface area contributed by atoms with Crippen LogP contribution in [0.1, 0.15) is 5.76 Å². The van der Waals surface area contributed by atoms with Gasteiger partial charge in [0, 0.05) is 18.0 Å². The van der Waals surface area contributed by atoms with Crippen LogP contribution >= 0.6 is 12.2 Å². The molecule has 1 N–H and O–H groups in total. The van der Waals surface area contributed by atoms with Crippen LogP contribution in [0.4, 0.5) is 0 Å². The number of furan rings is 1. The van der Waals surface area contributed by atoms with Crippen molar-refractivity contribution in [3.8, 4) is 11.4 Å². The molecule has 6 nitrogen and oxygen atoms in total. The van der Waals surface area contributed by atoms with E-state index < -0.39 is 0 Å². The fraction of sp³-hybridized carbons (Fsp3) is 0. The summed E-state index contributed by atoms with van der Waals surface area (Å²) in [5, 5.41) is 11.1. The van der Waals surface area contributed by atoms with Gasteiger partial charge in [-0.3, -0.25) is 4.98 Å². The van der Waals surface area contributed by atoms with Crippen LogP contribution in [0, 0.1) is 4.77 Å². The van der Waals surface area contributed by atoms with Gasteiger partial charge in [-0.2, -0.15) is 14.9 Å². The molecule has 7 heteroatoms. The minimum Gasteiger partial charge on any atom is -0.463 e. The Hall–Kier alpha value is -2.54. The Kier molecular flexibility index (Phi) is 3.03. The number of nitrogens with one attached hydrogen (secondary N) is 1. The Morgan fingerprint density at radius 3 is 2.89 bits per heavy atom. The number of aromatic amines is 1. The van der Waals surface area contributed by atoms with E-state index in [-0.39, 0.29) is 0 Å². The molecular weight excluding hydrogens is 262 g/mol. The highest BCUT2D eigenvalue weighted by atomic mass is 32.1. The Morgan fingerprint density at radius 1 is 1.32 bits per heavy atom. The number of hydrogen-bond acceptors (Lipinski definition) is 5. The zero-order valence-electron chi connectivity index (χ0n) is 9.72. The van der Waals surface area contributed by atoms with Crippen molar-refractivity contribution in [2.24, 2.45) is 5.10 Å². The van der Waals surface area contributed by atoms with Crippen molar-refractivity contribution in [1.82, 2.24) is 19.9 Å². The molecule has 3 heterocycles. The van der Waals surface area contributed by atoms with Crippen LogP contribution in [0.3, 0.4) is 0 Å². The number of rotatable bonds is 3. The summed E-state index contributed by atoms with van der Waals surface area (Å²) in [4.78, 5) is 3.97. The molecule has 0 aromatic carbocycles. The molecule has 0 unspecified atom stereocenters. The van der Waals surface area contributed by atoms with Crippen molar-refractivity contribution >= 4 is 18.4 Å². The highest BCUT2D eigenvalue weighted by molar-refractivity contribution is 7.71. The molecule has 0 saturated heterocycles. The molecule has 3 aromatic heterocycles. The quantitative estimate of drug-likeness (QED) is 0.586. The summed E-state index contributed by atoms with van der Waals surface area (Å²) in [6.45, 7) is 0. The number of aromatic nitrogens is 4. The highest BCUT2D eigenvalue weighted by Crippen LogP contribution is 2.15. The molecule has 0 atom stereocenters. The SMILES string of the molecule is S=c1[nH]nc(-c2ccncc2)n1N=Cc1ccco1. The van der Waals surface area contributed by atoms with Gasteiger partial charge in [-0.05, 0) is 36.5 Å². The standard InChI is InChI=1S/C12H9N5OS/c19-12-16-15-11(9-3-5-13-6-4-9)17(12)14-8-10-2-1-7-18-10/h1-8H,(H,16,19). The van der Waals surface area contributed by atoms with Gasteiger partial charge in [0.05, 0.1) is 12.5 Å². The van der Waals surface area contributed by atoms with Crippen molar-refractivity contribution in [3.63, 3.8) is 0 Å². The Morgan fingerprint density at radius 2 is 2.16 bits per heavy atom. The lowest BCUT2D eigenvalue weighted by molar-refractivity contribution is 0.559. The predicted molar refractivity (Wildman–Crippen MR) is 72.3 cm³/mol. The van der Waals surface area contributed by atoms with E-state index in [1.807, 2.05) is 12.1 Å². The van der Waals surface area contributed by atoms with Gasteiger partial charge in [-0.15, -0.1) is 0 Å². The number of pyridine rings is 1. The van der Waals surface area contributed by atoms with Gasteiger partial charge < -0.3 is 4.42 Å². The first kappa shape index (κ1) is 11.5. The summed E-state index contributed by atoms with van der Waals surface area (Å²) in [7, 11) is 0. The maximum absolute atomic E-state index is 5.18. The average molecular weight is 271 g/mol. The minimum atomic E-state index is 0.412. The molecule has 3 rings (SSSR count). The third-order valence-electron chi connectivity index (χ3n) is 2.43. The molecule has 94 valence electrons. The summed E-state index contributed by atoms with van der Waals surface area (Å²) in [5.74, 6) is 1.26. The second-order valence-corrected chi connectivity index (χ2v) is 4.05. The maximum atomic E-state index is 5.18. The number of nitrogens with zero attached hydrogens (tertiary/aromatic N) is 4. The molecule has 3 aromatic rings. The van der Waals surface area contributed by atoms with Gasteiger partial charge in [0.1, 0.15) is 5.76 Å². The lowest BCUT2D eigenvalue weighted by Crippen LogP contribution is -1.94. The zero-order valence-corrected chi connectivity index (χ0v) is 10.5. The molecule has 0 aliphatic heterocycles. The third-order valence-corrected chi connectivity index (χ3v) is 2.70. The first-order valence-electron chi connectivity index (χ1n) is 5.50. The molecule has 0 fully saturated rings. The van der Waals surface area contributed by atoms with Crippen molar-refractivity contribution in [3.05, 3.63) is 53.5 Å². The van der Waals surface area contributed by atoms with E-state index >= 15 is 0 Å². The molecular formula is C12H9N5OS. The predicted octanol–water partition coefficient (Wildman–Crippen LogP) is 2.48. The van der Waals surface area contributed by atoms with Crippen LogP contribution in [-0.2, 0) is 0 Å². The minimum absolute atomic E-state index is 0.412. The van der Waals surface area contributed by atoms with Crippen molar-refractivity contribution in [1.29, 1.82) is 0 Å². The fourth-order valence-corrected chi connectivity index (χ4v) is 1.75. The molecule has 0 amide bonds. The lowest BCUT2D eigenvalue weighted by Gasteiger charge is -1.99. The molecule has 0 spiro atoms. The lowest BCUT2D eigenvalue weighted by atomic mass is 10.2. The summed E-state index contributed by atoms with van der Waals surface area (Å²) >= 11 is 5.15. The first-order valence-corrected chi connectivity index (χ1v) is 5.91. The van der Waals surface area contributed by atoms with Crippen LogP contribution < -0.4 is 0 Å².